The zero-order chi connectivity index (χ0) is 27.1. The molecule has 1 aliphatic heterocycles. The lowest BCUT2D eigenvalue weighted by Gasteiger charge is -2.35. The molecule has 10 heteroatoms. The maximum Gasteiger partial charge on any atom is 0.284 e. The molecule has 4 N–H and O–H groups in total. The Balaban J connectivity index is 1.65. The average molecular weight is 541 g/mol. The van der Waals surface area contributed by atoms with E-state index >= 15 is 0 Å². The van der Waals surface area contributed by atoms with Crippen molar-refractivity contribution in [3.05, 3.63) is 74.2 Å². The first-order valence-electron chi connectivity index (χ1n) is 12.0. The van der Waals surface area contributed by atoms with E-state index in [-0.39, 0.29) is 28.5 Å². The number of nitrogens with two attached hydrogens (primary N) is 2. The fourth-order valence-corrected chi connectivity index (χ4v) is 6.82. The van der Waals surface area contributed by atoms with E-state index in [1.165, 1.54) is 11.3 Å². The molecule has 2 aromatic carbocycles. The number of aromatic nitrogens is 1. The maximum absolute atomic E-state index is 13.5. The van der Waals surface area contributed by atoms with Crippen LogP contribution in [0.15, 0.2) is 45.1 Å². The second-order valence-corrected chi connectivity index (χ2v) is 12.5. The molecule has 37 heavy (non-hydrogen) atoms. The van der Waals surface area contributed by atoms with Gasteiger partial charge in [0.1, 0.15) is 17.2 Å². The summed E-state index contributed by atoms with van der Waals surface area (Å²) in [6, 6.07) is 6.15. The van der Waals surface area contributed by atoms with Crippen molar-refractivity contribution in [2.75, 3.05) is 0 Å². The quantitative estimate of drug-likeness (QED) is 0.262. The molecule has 0 aliphatic carbocycles. The normalized spacial score (nSPS) is 16.1. The molecule has 0 saturated carbocycles. The van der Waals surface area contributed by atoms with Crippen molar-refractivity contribution in [3.8, 4) is 5.75 Å². The van der Waals surface area contributed by atoms with E-state index in [1.807, 2.05) is 26.8 Å². The first-order valence-corrected chi connectivity index (χ1v) is 14.3. The summed E-state index contributed by atoms with van der Waals surface area (Å²) in [5.74, 6) is 0.387. The van der Waals surface area contributed by atoms with Crippen LogP contribution in [0.4, 0.5) is 0 Å². The number of carbonyl (C=O) groups is 1. The topological polar surface area (TPSA) is 138 Å². The van der Waals surface area contributed by atoms with E-state index in [4.69, 9.17) is 16.2 Å². The monoisotopic (exact) mass is 540 g/mol. The minimum atomic E-state index is -4.11. The van der Waals surface area contributed by atoms with Gasteiger partial charge in [-0.15, -0.1) is 15.7 Å². The van der Waals surface area contributed by atoms with Gasteiger partial charge >= 0.3 is 0 Å². The highest BCUT2D eigenvalue weighted by atomic mass is 32.2. The number of hydrogen-bond donors (Lipinski definition) is 2. The SMILES string of the molecule is Cc1c(C)c(S(=O)(=O)/N=C(\N)c2cccc(C[C@H](N)C(=O)c3nccs3)c2)c(C)c2c1OC(C)(C)CC2. The molecule has 0 fully saturated rings. The van der Waals surface area contributed by atoms with E-state index in [0.29, 0.717) is 21.7 Å². The average Bonchev–Trinajstić information content (AvgIpc) is 3.36. The second kappa shape index (κ2) is 10.00. The number of thiazole rings is 1. The molecule has 1 aromatic heterocycles. The number of sulfonamides is 1. The number of carbonyl (C=O) groups excluding carboxylic acids is 1. The van der Waals surface area contributed by atoms with Gasteiger partial charge in [-0.05, 0) is 87.8 Å². The molecular weight excluding hydrogens is 508 g/mol. The van der Waals surface area contributed by atoms with E-state index in [9.17, 15) is 13.2 Å². The highest BCUT2D eigenvalue weighted by Crippen LogP contribution is 2.42. The molecular formula is C27H32N4O4S2. The first-order chi connectivity index (χ1) is 17.3. The van der Waals surface area contributed by atoms with Crippen molar-refractivity contribution in [1.82, 2.24) is 4.98 Å². The number of Topliss-reactive ketones (excluding diaryl/α,β-unsaturated/α-hetero) is 1. The molecule has 0 amide bonds. The second-order valence-electron chi connectivity index (χ2n) is 10.0. The third-order valence-corrected chi connectivity index (χ3v) is 9.15. The Morgan fingerprint density at radius 3 is 2.62 bits per heavy atom. The highest BCUT2D eigenvalue weighted by molar-refractivity contribution is 7.90. The number of ether oxygens (including phenoxy) is 1. The highest BCUT2D eigenvalue weighted by Gasteiger charge is 2.33. The maximum atomic E-state index is 13.5. The van der Waals surface area contributed by atoms with Crippen LogP contribution in [0.5, 0.6) is 5.75 Å². The van der Waals surface area contributed by atoms with Crippen LogP contribution >= 0.6 is 11.3 Å². The Hall–Kier alpha value is -3.08. The van der Waals surface area contributed by atoms with Crippen molar-refractivity contribution in [1.29, 1.82) is 0 Å². The fourth-order valence-electron chi connectivity index (χ4n) is 4.67. The van der Waals surface area contributed by atoms with Crippen LogP contribution in [0.25, 0.3) is 0 Å². The molecule has 4 rings (SSSR count). The molecule has 0 saturated heterocycles. The van der Waals surface area contributed by atoms with Gasteiger partial charge in [0.2, 0.25) is 5.78 Å². The van der Waals surface area contributed by atoms with Gasteiger partial charge in [-0.25, -0.2) is 4.98 Å². The third-order valence-electron chi connectivity index (χ3n) is 6.80. The molecule has 196 valence electrons. The van der Waals surface area contributed by atoms with Gasteiger partial charge in [0.25, 0.3) is 10.0 Å². The Bertz CT molecular complexity index is 1490. The zero-order valence-electron chi connectivity index (χ0n) is 21.7. The van der Waals surface area contributed by atoms with Crippen molar-refractivity contribution in [3.63, 3.8) is 0 Å². The van der Waals surface area contributed by atoms with Crippen molar-refractivity contribution >= 4 is 33.0 Å². The van der Waals surface area contributed by atoms with E-state index in [0.717, 1.165) is 35.3 Å². The van der Waals surface area contributed by atoms with Crippen LogP contribution in [-0.4, -0.2) is 36.7 Å². The third kappa shape index (κ3) is 5.46. The van der Waals surface area contributed by atoms with Crippen molar-refractivity contribution in [2.24, 2.45) is 15.9 Å². The largest absolute Gasteiger partial charge is 0.487 e. The van der Waals surface area contributed by atoms with Gasteiger partial charge in [-0.2, -0.15) is 8.42 Å². The Kier molecular flexibility index (Phi) is 7.29. The summed E-state index contributed by atoms with van der Waals surface area (Å²) in [6.45, 7) is 9.51. The number of fused-ring (bicyclic) bond motifs is 1. The minimum absolute atomic E-state index is 0.131. The predicted octanol–water partition coefficient (Wildman–Crippen LogP) is 4.02. The standard InChI is InChI=1S/C27H32N4O4S2/c1-15-16(2)24(17(3)20-9-10-27(4,5)35-23(15)20)37(33,34)31-25(29)19-8-6-7-18(13-19)14-21(28)22(32)26-30-11-12-36-26/h6-8,11-13,21H,9-10,14,28H2,1-5H3,(H2,29,31)/t21-/m0/s1. The summed E-state index contributed by atoms with van der Waals surface area (Å²) in [6.07, 6.45) is 3.32. The van der Waals surface area contributed by atoms with Gasteiger partial charge in [0, 0.05) is 17.1 Å². The van der Waals surface area contributed by atoms with Gasteiger partial charge in [-0.1, -0.05) is 18.2 Å². The lowest BCUT2D eigenvalue weighted by atomic mass is 9.88. The number of nitrogens with zero attached hydrogens (tertiary/aromatic N) is 2. The van der Waals surface area contributed by atoms with Crippen molar-refractivity contribution < 1.29 is 17.9 Å². The molecule has 0 bridgehead atoms. The summed E-state index contributed by atoms with van der Waals surface area (Å²) >= 11 is 1.24. The number of hydrogen-bond acceptors (Lipinski definition) is 7. The Morgan fingerprint density at radius 2 is 1.95 bits per heavy atom. The van der Waals surface area contributed by atoms with Crippen LogP contribution in [0.1, 0.15) is 63.5 Å². The van der Waals surface area contributed by atoms with Crippen LogP contribution in [0.3, 0.4) is 0 Å². The molecule has 8 nitrogen and oxygen atoms in total. The lowest BCUT2D eigenvalue weighted by molar-refractivity contribution is 0.0831. The molecule has 0 radical (unpaired) electrons. The fraction of sp³-hybridized carbons (Fsp3) is 0.370. The van der Waals surface area contributed by atoms with Gasteiger partial charge in [0.15, 0.2) is 5.01 Å². The molecule has 3 aromatic rings. The van der Waals surface area contributed by atoms with E-state index in [2.05, 4.69) is 9.38 Å². The van der Waals surface area contributed by atoms with Gasteiger partial charge in [-0.3, -0.25) is 4.79 Å². The Labute approximate surface area is 221 Å². The lowest BCUT2D eigenvalue weighted by Crippen LogP contribution is -2.34. The number of amidine groups is 1. The molecule has 0 unspecified atom stereocenters. The molecule has 1 aliphatic rings. The predicted molar refractivity (Wildman–Crippen MR) is 146 cm³/mol. The summed E-state index contributed by atoms with van der Waals surface area (Å²) in [5.41, 5.74) is 16.1. The summed E-state index contributed by atoms with van der Waals surface area (Å²) < 4.78 is 37.3. The number of ketones is 1. The number of benzene rings is 2. The van der Waals surface area contributed by atoms with E-state index in [1.54, 1.807) is 43.6 Å². The molecule has 2 heterocycles. The zero-order valence-corrected chi connectivity index (χ0v) is 23.3. The van der Waals surface area contributed by atoms with Crippen molar-refractivity contribution in [2.45, 2.75) is 70.4 Å². The summed E-state index contributed by atoms with van der Waals surface area (Å²) in [7, 11) is -4.11. The molecule has 1 atom stereocenters. The van der Waals surface area contributed by atoms with E-state index < -0.39 is 16.1 Å². The summed E-state index contributed by atoms with van der Waals surface area (Å²) in [4.78, 5) is 16.7. The smallest absolute Gasteiger partial charge is 0.284 e. The first kappa shape index (κ1) is 27.0. The van der Waals surface area contributed by atoms with Crippen LogP contribution in [0, 0.1) is 20.8 Å². The molecule has 0 spiro atoms. The van der Waals surface area contributed by atoms with Crippen LogP contribution < -0.4 is 16.2 Å². The number of rotatable bonds is 7. The summed E-state index contributed by atoms with van der Waals surface area (Å²) in [5, 5.41) is 2.08. The van der Waals surface area contributed by atoms with Crippen LogP contribution in [-0.2, 0) is 22.9 Å². The Morgan fingerprint density at radius 1 is 1.22 bits per heavy atom. The van der Waals surface area contributed by atoms with Crippen LogP contribution in [0.2, 0.25) is 0 Å². The van der Waals surface area contributed by atoms with Gasteiger partial charge in [0.05, 0.1) is 10.9 Å². The minimum Gasteiger partial charge on any atom is -0.487 e. The van der Waals surface area contributed by atoms with Gasteiger partial charge < -0.3 is 16.2 Å².